The Morgan fingerprint density at radius 2 is 1.72 bits per heavy atom. The Hall–Kier alpha value is -2.18. The summed E-state index contributed by atoms with van der Waals surface area (Å²) in [5.41, 5.74) is 7.20. The first-order chi connectivity index (χ1) is 11.9. The highest BCUT2D eigenvalue weighted by Crippen LogP contribution is 2.24. The van der Waals surface area contributed by atoms with Crippen molar-refractivity contribution in [1.29, 1.82) is 0 Å². The van der Waals surface area contributed by atoms with Gasteiger partial charge in [0.2, 0.25) is 0 Å². The molecule has 2 rings (SSSR count). The lowest BCUT2D eigenvalue weighted by Gasteiger charge is -2.14. The minimum Gasteiger partial charge on any atom is -0.465 e. The maximum absolute atomic E-state index is 12.5. The first-order valence-electron chi connectivity index (χ1n) is 8.24. The van der Waals surface area contributed by atoms with Gasteiger partial charge in [0, 0.05) is 0 Å². The van der Waals surface area contributed by atoms with E-state index in [1.54, 1.807) is 42.5 Å². The van der Waals surface area contributed by atoms with E-state index in [2.05, 4.69) is 0 Å². The minimum atomic E-state index is -3.66. The van der Waals surface area contributed by atoms with Crippen LogP contribution in [0.4, 0.5) is 0 Å². The van der Waals surface area contributed by atoms with Crippen molar-refractivity contribution in [3.63, 3.8) is 0 Å². The van der Waals surface area contributed by atoms with E-state index in [1.807, 2.05) is 6.92 Å². The number of ether oxygens (including phenoxy) is 1. The molecule has 0 amide bonds. The third-order valence-corrected chi connectivity index (χ3v) is 5.69. The van der Waals surface area contributed by atoms with Crippen LogP contribution in [0.5, 0.6) is 0 Å². The zero-order chi connectivity index (χ0) is 18.3. The largest absolute Gasteiger partial charge is 0.465 e. The molecule has 0 aliphatic heterocycles. The fraction of sp³-hybridized carbons (Fsp3) is 0.316. The third kappa shape index (κ3) is 5.14. The number of sulfone groups is 1. The number of carbonyl (C=O) groups excluding carboxylic acids is 1. The summed E-state index contributed by atoms with van der Waals surface area (Å²) in [4.78, 5) is 11.9. The molecular weight excluding hydrogens is 338 g/mol. The Balaban J connectivity index is 2.05. The zero-order valence-corrected chi connectivity index (χ0v) is 15.0. The molecule has 0 fully saturated rings. The van der Waals surface area contributed by atoms with Crippen LogP contribution in [0.2, 0.25) is 0 Å². The van der Waals surface area contributed by atoms with Gasteiger partial charge in [-0.15, -0.1) is 0 Å². The molecule has 25 heavy (non-hydrogen) atoms. The van der Waals surface area contributed by atoms with Crippen molar-refractivity contribution in [2.75, 3.05) is 6.61 Å². The molecule has 2 N–H and O–H groups in total. The Labute approximate surface area is 148 Å². The highest BCUT2D eigenvalue weighted by molar-refractivity contribution is 7.91. The van der Waals surface area contributed by atoms with Crippen LogP contribution in [-0.4, -0.2) is 21.0 Å². The molecule has 1 atom stereocenters. The van der Waals surface area contributed by atoms with Crippen LogP contribution in [0.25, 0.3) is 0 Å². The van der Waals surface area contributed by atoms with Gasteiger partial charge in [0.25, 0.3) is 0 Å². The number of benzene rings is 2. The summed E-state index contributed by atoms with van der Waals surface area (Å²) in [6.07, 6.45) is 1.97. The van der Waals surface area contributed by atoms with Crippen LogP contribution in [0.15, 0.2) is 59.5 Å². The van der Waals surface area contributed by atoms with Crippen LogP contribution in [0.3, 0.4) is 0 Å². The van der Waals surface area contributed by atoms with Gasteiger partial charge in [-0.1, -0.05) is 55.8 Å². The molecule has 134 valence electrons. The Morgan fingerprint density at radius 1 is 1.08 bits per heavy atom. The summed E-state index contributed by atoms with van der Waals surface area (Å²) in [5.74, 6) is -0.289. The molecule has 1 unspecified atom stereocenters. The SMILES string of the molecule is CCCCOC(=O)Cc1ccc(C(N)S(=O)(=O)c2ccccc2)cc1. The molecule has 0 saturated carbocycles. The molecule has 2 aromatic rings. The number of hydrogen-bond acceptors (Lipinski definition) is 5. The van der Waals surface area contributed by atoms with Gasteiger partial charge in [-0.25, -0.2) is 8.42 Å². The smallest absolute Gasteiger partial charge is 0.310 e. The van der Waals surface area contributed by atoms with Crippen LogP contribution in [0.1, 0.15) is 36.3 Å². The summed E-state index contributed by atoms with van der Waals surface area (Å²) in [5, 5.41) is -1.15. The predicted octanol–water partition coefficient (Wildman–Crippen LogP) is 3.00. The number of hydrogen-bond donors (Lipinski definition) is 1. The second kappa shape index (κ2) is 8.78. The van der Waals surface area contributed by atoms with Crippen molar-refractivity contribution < 1.29 is 17.9 Å². The second-order valence-corrected chi connectivity index (χ2v) is 7.84. The first-order valence-corrected chi connectivity index (χ1v) is 9.78. The lowest BCUT2D eigenvalue weighted by Crippen LogP contribution is -2.22. The van der Waals surface area contributed by atoms with Gasteiger partial charge in [0.15, 0.2) is 9.84 Å². The van der Waals surface area contributed by atoms with E-state index in [-0.39, 0.29) is 17.3 Å². The number of esters is 1. The molecule has 0 spiro atoms. The van der Waals surface area contributed by atoms with Gasteiger partial charge >= 0.3 is 5.97 Å². The van der Waals surface area contributed by atoms with E-state index >= 15 is 0 Å². The van der Waals surface area contributed by atoms with E-state index in [0.29, 0.717) is 12.2 Å². The van der Waals surface area contributed by atoms with Crippen molar-refractivity contribution in [2.24, 2.45) is 5.73 Å². The molecule has 0 radical (unpaired) electrons. The highest BCUT2D eigenvalue weighted by atomic mass is 32.2. The van der Waals surface area contributed by atoms with Crippen LogP contribution < -0.4 is 5.73 Å². The number of carbonyl (C=O) groups is 1. The topological polar surface area (TPSA) is 86.5 Å². The van der Waals surface area contributed by atoms with Crippen molar-refractivity contribution in [2.45, 2.75) is 36.5 Å². The number of unbranched alkanes of at least 4 members (excludes halogenated alkanes) is 1. The van der Waals surface area contributed by atoms with Gasteiger partial charge in [0.1, 0.15) is 5.37 Å². The Morgan fingerprint density at radius 3 is 2.32 bits per heavy atom. The van der Waals surface area contributed by atoms with Crippen LogP contribution in [-0.2, 0) is 25.8 Å². The fourth-order valence-electron chi connectivity index (χ4n) is 2.31. The average molecular weight is 361 g/mol. The maximum atomic E-state index is 12.5. The predicted molar refractivity (Wildman–Crippen MR) is 96.6 cm³/mol. The molecular formula is C19H23NO4S. The van der Waals surface area contributed by atoms with Gasteiger partial charge in [-0.05, 0) is 29.7 Å². The van der Waals surface area contributed by atoms with Crippen molar-refractivity contribution >= 4 is 15.8 Å². The molecule has 0 aliphatic carbocycles. The minimum absolute atomic E-state index is 0.157. The van der Waals surface area contributed by atoms with Gasteiger partial charge < -0.3 is 10.5 Å². The van der Waals surface area contributed by atoms with E-state index < -0.39 is 15.2 Å². The lowest BCUT2D eigenvalue weighted by molar-refractivity contribution is -0.142. The highest BCUT2D eigenvalue weighted by Gasteiger charge is 2.25. The number of nitrogens with two attached hydrogens (primary N) is 1. The Kier molecular flexibility index (Phi) is 6.73. The van der Waals surface area contributed by atoms with Gasteiger partial charge in [0.05, 0.1) is 17.9 Å². The maximum Gasteiger partial charge on any atom is 0.310 e. The van der Waals surface area contributed by atoms with Crippen LogP contribution >= 0.6 is 0 Å². The third-order valence-electron chi connectivity index (χ3n) is 3.82. The summed E-state index contributed by atoms with van der Waals surface area (Å²) < 4.78 is 30.2. The van der Waals surface area contributed by atoms with Crippen molar-refractivity contribution in [1.82, 2.24) is 0 Å². The standard InChI is InChI=1S/C19H23NO4S/c1-2-3-13-24-18(21)14-15-9-11-16(12-10-15)19(20)25(22,23)17-7-5-4-6-8-17/h4-12,19H,2-3,13-14,20H2,1H3. The molecule has 0 heterocycles. The summed E-state index contributed by atoms with van der Waals surface area (Å²) in [6.45, 7) is 2.45. The molecule has 0 saturated heterocycles. The normalized spacial score (nSPS) is 12.6. The lowest BCUT2D eigenvalue weighted by atomic mass is 10.1. The number of rotatable bonds is 8. The summed E-state index contributed by atoms with van der Waals surface area (Å²) >= 11 is 0. The fourth-order valence-corrected chi connectivity index (χ4v) is 3.65. The van der Waals surface area contributed by atoms with Crippen LogP contribution in [0, 0.1) is 0 Å². The summed E-state index contributed by atoms with van der Waals surface area (Å²) in [6, 6.07) is 14.8. The Bertz CT molecular complexity index is 786. The van der Waals surface area contributed by atoms with Gasteiger partial charge in [-0.3, -0.25) is 4.79 Å². The molecule has 2 aromatic carbocycles. The first kappa shape index (κ1) is 19.1. The molecule has 0 aromatic heterocycles. The zero-order valence-electron chi connectivity index (χ0n) is 14.2. The van der Waals surface area contributed by atoms with E-state index in [9.17, 15) is 13.2 Å². The van der Waals surface area contributed by atoms with E-state index in [0.717, 1.165) is 18.4 Å². The quantitative estimate of drug-likeness (QED) is 0.577. The second-order valence-electron chi connectivity index (χ2n) is 5.77. The monoisotopic (exact) mass is 361 g/mol. The van der Waals surface area contributed by atoms with E-state index in [1.165, 1.54) is 12.1 Å². The average Bonchev–Trinajstić information content (AvgIpc) is 2.62. The molecule has 0 aliphatic rings. The van der Waals surface area contributed by atoms with E-state index in [4.69, 9.17) is 10.5 Å². The van der Waals surface area contributed by atoms with Gasteiger partial charge in [-0.2, -0.15) is 0 Å². The molecule has 6 heteroatoms. The van der Waals surface area contributed by atoms with Crippen molar-refractivity contribution in [3.05, 3.63) is 65.7 Å². The molecule has 0 bridgehead atoms. The molecule has 5 nitrogen and oxygen atoms in total. The summed E-state index contributed by atoms with van der Waals surface area (Å²) in [7, 11) is -3.66. The van der Waals surface area contributed by atoms with Crippen molar-refractivity contribution in [3.8, 4) is 0 Å².